The van der Waals surface area contributed by atoms with Crippen LogP contribution in [0.25, 0.3) is 0 Å². The van der Waals surface area contributed by atoms with E-state index in [0.717, 1.165) is 0 Å². The number of carbonyl (C=O) groups is 1. The minimum atomic E-state index is -2.95. The number of nitrogens with one attached hydrogen (secondary N) is 1. The van der Waals surface area contributed by atoms with Crippen molar-refractivity contribution in [3.63, 3.8) is 0 Å². The van der Waals surface area contributed by atoms with Crippen molar-refractivity contribution in [1.29, 1.82) is 0 Å². The van der Waals surface area contributed by atoms with E-state index in [1.807, 2.05) is 0 Å². The number of carbonyl (C=O) groups excluding carboxylic acids is 1. The van der Waals surface area contributed by atoms with Gasteiger partial charge in [0, 0.05) is 38.2 Å². The number of benzene rings is 1. The number of alkyl halides is 2. The lowest BCUT2D eigenvalue weighted by Gasteiger charge is -2.19. The molecule has 8 heteroatoms. The first-order chi connectivity index (χ1) is 10.5. The summed E-state index contributed by atoms with van der Waals surface area (Å²) in [7, 11) is 3.36. The first-order valence-electron chi connectivity index (χ1n) is 6.77. The smallest absolute Gasteiger partial charge is 0.387 e. The molecule has 0 aliphatic carbocycles. The van der Waals surface area contributed by atoms with E-state index >= 15 is 0 Å². The number of hydrogen-bond donors (Lipinski definition) is 1. The topological polar surface area (TPSA) is 60.0 Å². The SMILES string of the molecule is CNCCC(=O)N(C)Cc1cc2c(cc1OC(F)F)OCO2. The molecule has 0 unspecified atom stereocenters. The van der Waals surface area contributed by atoms with Crippen LogP contribution in [0.5, 0.6) is 17.2 Å². The van der Waals surface area contributed by atoms with Gasteiger partial charge in [0.1, 0.15) is 5.75 Å². The summed E-state index contributed by atoms with van der Waals surface area (Å²) in [6.45, 7) is -2.24. The second-order valence-electron chi connectivity index (χ2n) is 4.80. The van der Waals surface area contributed by atoms with E-state index in [4.69, 9.17) is 9.47 Å². The molecule has 0 radical (unpaired) electrons. The molecule has 1 N–H and O–H groups in total. The monoisotopic (exact) mass is 316 g/mol. The quantitative estimate of drug-likeness (QED) is 0.828. The molecule has 0 fully saturated rings. The van der Waals surface area contributed by atoms with Crippen molar-refractivity contribution in [3.05, 3.63) is 17.7 Å². The second-order valence-corrected chi connectivity index (χ2v) is 4.80. The zero-order valence-electron chi connectivity index (χ0n) is 12.4. The first kappa shape index (κ1) is 16.3. The van der Waals surface area contributed by atoms with Crippen molar-refractivity contribution in [2.45, 2.75) is 19.6 Å². The minimum absolute atomic E-state index is 0.0208. The number of ether oxygens (including phenoxy) is 3. The fourth-order valence-corrected chi connectivity index (χ4v) is 2.06. The summed E-state index contributed by atoms with van der Waals surface area (Å²) in [5.41, 5.74) is 0.435. The number of amides is 1. The summed E-state index contributed by atoms with van der Waals surface area (Å²) in [5.74, 6) is 0.679. The molecule has 0 saturated heterocycles. The van der Waals surface area contributed by atoms with Crippen molar-refractivity contribution in [2.75, 3.05) is 27.4 Å². The third kappa shape index (κ3) is 3.97. The maximum absolute atomic E-state index is 12.5. The fraction of sp³-hybridized carbons (Fsp3) is 0.500. The average Bonchev–Trinajstić information content (AvgIpc) is 2.91. The van der Waals surface area contributed by atoms with E-state index in [2.05, 4.69) is 10.1 Å². The Hall–Kier alpha value is -2.09. The average molecular weight is 316 g/mol. The van der Waals surface area contributed by atoms with Crippen molar-refractivity contribution < 1.29 is 27.8 Å². The van der Waals surface area contributed by atoms with Gasteiger partial charge in [-0.3, -0.25) is 4.79 Å². The molecule has 1 aromatic carbocycles. The van der Waals surface area contributed by atoms with Gasteiger partial charge in [-0.15, -0.1) is 0 Å². The Morgan fingerprint density at radius 2 is 2.09 bits per heavy atom. The van der Waals surface area contributed by atoms with E-state index in [1.165, 1.54) is 11.0 Å². The summed E-state index contributed by atoms with van der Waals surface area (Å²) >= 11 is 0. The summed E-state index contributed by atoms with van der Waals surface area (Å²) in [5, 5.41) is 2.88. The summed E-state index contributed by atoms with van der Waals surface area (Å²) in [6.07, 6.45) is 0.322. The third-order valence-corrected chi connectivity index (χ3v) is 3.19. The Morgan fingerprint density at radius 1 is 1.41 bits per heavy atom. The fourth-order valence-electron chi connectivity index (χ4n) is 2.06. The molecule has 1 amide bonds. The van der Waals surface area contributed by atoms with Crippen LogP contribution < -0.4 is 19.5 Å². The van der Waals surface area contributed by atoms with Gasteiger partial charge in [-0.05, 0) is 13.1 Å². The number of nitrogens with zero attached hydrogens (tertiary/aromatic N) is 1. The Bertz CT molecular complexity index is 540. The molecule has 0 atom stereocenters. The van der Waals surface area contributed by atoms with Gasteiger partial charge in [0.2, 0.25) is 12.7 Å². The molecule has 22 heavy (non-hydrogen) atoms. The Morgan fingerprint density at radius 3 is 2.73 bits per heavy atom. The van der Waals surface area contributed by atoms with Crippen LogP contribution in [0.2, 0.25) is 0 Å². The van der Waals surface area contributed by atoms with Crippen LogP contribution in [0.4, 0.5) is 8.78 Å². The van der Waals surface area contributed by atoms with Crippen molar-refractivity contribution in [1.82, 2.24) is 10.2 Å². The van der Waals surface area contributed by atoms with Crippen molar-refractivity contribution >= 4 is 5.91 Å². The first-order valence-corrected chi connectivity index (χ1v) is 6.77. The largest absolute Gasteiger partial charge is 0.454 e. The Labute approximate surface area is 126 Å². The molecule has 1 aliphatic rings. The molecule has 0 saturated carbocycles. The molecule has 1 aromatic rings. The lowest BCUT2D eigenvalue weighted by molar-refractivity contribution is -0.130. The molecule has 122 valence electrons. The minimum Gasteiger partial charge on any atom is -0.454 e. The van der Waals surface area contributed by atoms with Crippen LogP contribution in [0, 0.1) is 0 Å². The van der Waals surface area contributed by atoms with E-state index in [1.54, 1.807) is 20.2 Å². The zero-order valence-corrected chi connectivity index (χ0v) is 12.4. The molecular formula is C14H18F2N2O4. The highest BCUT2D eigenvalue weighted by atomic mass is 19.3. The van der Waals surface area contributed by atoms with Gasteiger partial charge < -0.3 is 24.4 Å². The zero-order chi connectivity index (χ0) is 16.1. The molecule has 0 bridgehead atoms. The van der Waals surface area contributed by atoms with Gasteiger partial charge in [0.05, 0.1) is 0 Å². The number of hydrogen-bond acceptors (Lipinski definition) is 5. The van der Waals surface area contributed by atoms with Crippen LogP contribution in [0.1, 0.15) is 12.0 Å². The van der Waals surface area contributed by atoms with Gasteiger partial charge in [0.25, 0.3) is 0 Å². The normalized spacial score (nSPS) is 12.6. The van der Waals surface area contributed by atoms with Crippen LogP contribution in [-0.2, 0) is 11.3 Å². The lowest BCUT2D eigenvalue weighted by atomic mass is 10.1. The van der Waals surface area contributed by atoms with Gasteiger partial charge >= 0.3 is 6.61 Å². The van der Waals surface area contributed by atoms with Gasteiger partial charge in [0.15, 0.2) is 11.5 Å². The van der Waals surface area contributed by atoms with E-state index in [0.29, 0.717) is 30.0 Å². The van der Waals surface area contributed by atoms with Gasteiger partial charge in [-0.1, -0.05) is 0 Å². The maximum Gasteiger partial charge on any atom is 0.387 e. The molecular weight excluding hydrogens is 298 g/mol. The van der Waals surface area contributed by atoms with Gasteiger partial charge in [-0.25, -0.2) is 0 Å². The molecule has 0 spiro atoms. The van der Waals surface area contributed by atoms with Crippen LogP contribution in [0.3, 0.4) is 0 Å². The predicted octanol–water partition coefficient (Wildman–Crippen LogP) is 1.58. The highest BCUT2D eigenvalue weighted by molar-refractivity contribution is 5.76. The number of halogens is 2. The highest BCUT2D eigenvalue weighted by Gasteiger charge is 2.21. The van der Waals surface area contributed by atoms with E-state index < -0.39 is 6.61 Å². The van der Waals surface area contributed by atoms with E-state index in [9.17, 15) is 13.6 Å². The van der Waals surface area contributed by atoms with Crippen molar-refractivity contribution in [2.24, 2.45) is 0 Å². The predicted molar refractivity (Wildman–Crippen MR) is 74.2 cm³/mol. The molecule has 6 nitrogen and oxygen atoms in total. The highest BCUT2D eigenvalue weighted by Crippen LogP contribution is 2.39. The Kier molecular flexibility index (Phi) is 5.37. The molecule has 0 aromatic heterocycles. The molecule has 2 rings (SSSR count). The summed E-state index contributed by atoms with van der Waals surface area (Å²) in [6, 6.07) is 2.91. The number of fused-ring (bicyclic) bond motifs is 1. The maximum atomic E-state index is 12.5. The Balaban J connectivity index is 2.16. The molecule has 1 heterocycles. The van der Waals surface area contributed by atoms with Gasteiger partial charge in [-0.2, -0.15) is 8.78 Å². The van der Waals surface area contributed by atoms with Crippen molar-refractivity contribution in [3.8, 4) is 17.2 Å². The lowest BCUT2D eigenvalue weighted by Crippen LogP contribution is -2.29. The van der Waals surface area contributed by atoms with Crippen LogP contribution >= 0.6 is 0 Å². The molecule has 1 aliphatic heterocycles. The number of rotatable bonds is 7. The van der Waals surface area contributed by atoms with Crippen LogP contribution in [0.15, 0.2) is 12.1 Å². The summed E-state index contributed by atoms with van der Waals surface area (Å²) in [4.78, 5) is 13.4. The van der Waals surface area contributed by atoms with Crippen LogP contribution in [-0.4, -0.2) is 44.9 Å². The second kappa shape index (κ2) is 7.26. The van der Waals surface area contributed by atoms with E-state index in [-0.39, 0.29) is 25.0 Å². The summed E-state index contributed by atoms with van der Waals surface area (Å²) < 4.78 is 39.9. The third-order valence-electron chi connectivity index (χ3n) is 3.19. The standard InChI is InChI=1S/C14H18F2N2O4/c1-17-4-3-13(19)18(2)7-9-5-11-12(21-8-20-11)6-10(9)22-14(15)16/h5-6,14,17H,3-4,7-8H2,1-2H3.